The van der Waals surface area contributed by atoms with Crippen molar-refractivity contribution < 1.29 is 29.1 Å². The quantitative estimate of drug-likeness (QED) is 0.166. The number of rotatable bonds is 15. The number of hydrogen-bond donors (Lipinski definition) is 7. The number of carbonyl (C=O) groups is 5. The minimum Gasteiger partial charge on any atom is -0.480 e. The minimum atomic E-state index is -1.16. The van der Waals surface area contributed by atoms with E-state index < -0.39 is 59.8 Å². The third kappa shape index (κ3) is 10.2. The van der Waals surface area contributed by atoms with Crippen LogP contribution >= 0.6 is 0 Å². The van der Waals surface area contributed by atoms with Gasteiger partial charge in [-0.15, -0.1) is 0 Å². The number of para-hydroxylation sites is 1. The summed E-state index contributed by atoms with van der Waals surface area (Å²) < 4.78 is 0. The van der Waals surface area contributed by atoms with Gasteiger partial charge in [0, 0.05) is 23.5 Å². The summed E-state index contributed by atoms with van der Waals surface area (Å²) in [5.41, 5.74) is 7.73. The first-order valence-corrected chi connectivity index (χ1v) is 13.9. The number of nitrogens with one attached hydrogen (secondary N) is 5. The zero-order valence-electron chi connectivity index (χ0n) is 24.6. The molecule has 2 aromatic rings. The van der Waals surface area contributed by atoms with Gasteiger partial charge in [0.05, 0.1) is 6.04 Å². The highest BCUT2D eigenvalue weighted by Crippen LogP contribution is 2.19. The summed E-state index contributed by atoms with van der Waals surface area (Å²) in [6.07, 6.45) is 2.59. The van der Waals surface area contributed by atoms with E-state index in [0.717, 1.165) is 16.5 Å². The molecular formula is C29H44N6O6. The van der Waals surface area contributed by atoms with Crippen LogP contribution in [0.5, 0.6) is 0 Å². The molecule has 0 spiro atoms. The van der Waals surface area contributed by atoms with E-state index in [1.54, 1.807) is 6.20 Å². The molecule has 0 saturated heterocycles. The molecule has 2 rings (SSSR count). The van der Waals surface area contributed by atoms with Gasteiger partial charge in [-0.1, -0.05) is 45.9 Å². The summed E-state index contributed by atoms with van der Waals surface area (Å²) >= 11 is 0. The molecule has 0 radical (unpaired) electrons. The van der Waals surface area contributed by atoms with Crippen molar-refractivity contribution in [1.29, 1.82) is 0 Å². The molecule has 0 aliphatic heterocycles. The van der Waals surface area contributed by atoms with E-state index in [-0.39, 0.29) is 24.7 Å². The van der Waals surface area contributed by atoms with E-state index >= 15 is 0 Å². The molecule has 0 saturated carbocycles. The Morgan fingerprint density at radius 2 is 1.29 bits per heavy atom. The summed E-state index contributed by atoms with van der Waals surface area (Å²) in [5.74, 6) is -3.33. The van der Waals surface area contributed by atoms with Crippen molar-refractivity contribution in [1.82, 2.24) is 26.3 Å². The first-order chi connectivity index (χ1) is 19.2. The van der Waals surface area contributed by atoms with Gasteiger partial charge in [-0.3, -0.25) is 19.2 Å². The second kappa shape index (κ2) is 15.2. The maximum atomic E-state index is 13.3. The van der Waals surface area contributed by atoms with Gasteiger partial charge in [-0.25, -0.2) is 4.79 Å². The van der Waals surface area contributed by atoms with Gasteiger partial charge in [0.25, 0.3) is 0 Å². The van der Waals surface area contributed by atoms with E-state index in [2.05, 4.69) is 26.3 Å². The monoisotopic (exact) mass is 572 g/mol. The molecule has 12 heteroatoms. The third-order valence-corrected chi connectivity index (χ3v) is 6.62. The first-order valence-electron chi connectivity index (χ1n) is 13.9. The van der Waals surface area contributed by atoms with Gasteiger partial charge in [0.2, 0.25) is 23.6 Å². The van der Waals surface area contributed by atoms with Gasteiger partial charge in [0.1, 0.15) is 24.2 Å². The zero-order chi connectivity index (χ0) is 30.9. The zero-order valence-corrected chi connectivity index (χ0v) is 24.6. The molecule has 4 amide bonds. The topological polar surface area (TPSA) is 196 Å². The van der Waals surface area contributed by atoms with Crippen LogP contribution in [0, 0.1) is 11.8 Å². The Balaban J connectivity index is 2.10. The van der Waals surface area contributed by atoms with E-state index in [1.165, 1.54) is 13.8 Å². The number of aromatic nitrogens is 1. The van der Waals surface area contributed by atoms with Gasteiger partial charge >= 0.3 is 5.97 Å². The van der Waals surface area contributed by atoms with Crippen LogP contribution in [0.1, 0.15) is 59.9 Å². The molecule has 0 aliphatic rings. The van der Waals surface area contributed by atoms with Crippen LogP contribution in [0.25, 0.3) is 10.9 Å². The summed E-state index contributed by atoms with van der Waals surface area (Å²) in [7, 11) is 0. The van der Waals surface area contributed by atoms with Crippen molar-refractivity contribution in [3.05, 3.63) is 36.0 Å². The molecule has 5 atom stereocenters. The van der Waals surface area contributed by atoms with Crippen LogP contribution in [-0.4, -0.2) is 69.9 Å². The molecule has 0 unspecified atom stereocenters. The van der Waals surface area contributed by atoms with Crippen molar-refractivity contribution in [3.8, 4) is 0 Å². The number of aromatic amines is 1. The van der Waals surface area contributed by atoms with Crippen molar-refractivity contribution >= 4 is 40.5 Å². The number of carboxylic acids is 1. The fourth-order valence-electron chi connectivity index (χ4n) is 4.40. The SMILES string of the molecule is CC(C)C[C@H](NC(=O)[C@H](C)NC(=O)[C@H](C)NC(=O)[C@H](Cc1c[nH]c2ccccc12)NC(=O)[C@@H](N)CC(C)C)C(=O)O. The van der Waals surface area contributed by atoms with Crippen molar-refractivity contribution in [2.75, 3.05) is 0 Å². The number of amides is 4. The number of fused-ring (bicyclic) bond motifs is 1. The fraction of sp³-hybridized carbons (Fsp3) is 0.552. The Bertz CT molecular complexity index is 1230. The molecule has 1 aromatic carbocycles. The number of aliphatic carboxylic acids is 1. The van der Waals surface area contributed by atoms with Crippen LogP contribution < -0.4 is 27.0 Å². The molecule has 0 aliphatic carbocycles. The lowest BCUT2D eigenvalue weighted by Crippen LogP contribution is -2.57. The van der Waals surface area contributed by atoms with Crippen LogP contribution in [-0.2, 0) is 30.4 Å². The predicted octanol–water partition coefficient (Wildman–Crippen LogP) is 1.19. The lowest BCUT2D eigenvalue weighted by atomic mass is 10.0. The standard InChI is InChI=1S/C29H44N6O6/c1-15(2)11-21(30)27(38)34-23(13-19-14-31-22-10-8-7-9-20(19)22)28(39)33-17(5)25(36)32-18(6)26(37)35-24(29(40)41)12-16(3)4/h7-10,14-18,21,23-24,31H,11-13,30H2,1-6H3,(H,32,36)(H,33,39)(H,34,38)(H,35,37)(H,40,41)/t17-,18-,21-,23-,24-/m0/s1. The maximum Gasteiger partial charge on any atom is 0.326 e. The molecule has 41 heavy (non-hydrogen) atoms. The summed E-state index contributed by atoms with van der Waals surface area (Å²) in [6, 6.07) is 2.53. The molecule has 226 valence electrons. The highest BCUT2D eigenvalue weighted by molar-refractivity contribution is 5.95. The van der Waals surface area contributed by atoms with E-state index in [9.17, 15) is 29.1 Å². The van der Waals surface area contributed by atoms with Crippen molar-refractivity contribution in [2.45, 2.75) is 91.0 Å². The lowest BCUT2D eigenvalue weighted by Gasteiger charge is -2.24. The van der Waals surface area contributed by atoms with Crippen molar-refractivity contribution in [3.63, 3.8) is 0 Å². The van der Waals surface area contributed by atoms with Gasteiger partial charge in [-0.2, -0.15) is 0 Å². The summed E-state index contributed by atoms with van der Waals surface area (Å²) in [6.45, 7) is 10.4. The highest BCUT2D eigenvalue weighted by Gasteiger charge is 2.29. The number of H-pyrrole nitrogens is 1. The normalized spacial score (nSPS) is 15.0. The molecule has 1 heterocycles. The van der Waals surface area contributed by atoms with Crippen LogP contribution in [0.3, 0.4) is 0 Å². The van der Waals surface area contributed by atoms with Crippen LogP contribution in [0.4, 0.5) is 0 Å². The Labute approximate surface area is 240 Å². The van der Waals surface area contributed by atoms with Gasteiger partial charge in [-0.05, 0) is 50.2 Å². The summed E-state index contributed by atoms with van der Waals surface area (Å²) in [5, 5.41) is 20.6. The average Bonchev–Trinajstić information content (AvgIpc) is 3.29. The van der Waals surface area contributed by atoms with Crippen LogP contribution in [0.2, 0.25) is 0 Å². The molecule has 0 fully saturated rings. The number of carboxylic acid groups (broad SMARTS) is 1. The molecular weight excluding hydrogens is 528 g/mol. The predicted molar refractivity (Wildman–Crippen MR) is 156 cm³/mol. The van der Waals surface area contributed by atoms with Crippen LogP contribution in [0.15, 0.2) is 30.5 Å². The largest absolute Gasteiger partial charge is 0.480 e. The second-order valence-corrected chi connectivity index (χ2v) is 11.4. The van der Waals surface area contributed by atoms with Crippen molar-refractivity contribution in [2.24, 2.45) is 17.6 Å². The second-order valence-electron chi connectivity index (χ2n) is 11.4. The van der Waals surface area contributed by atoms with E-state index in [1.807, 2.05) is 52.0 Å². The lowest BCUT2D eigenvalue weighted by molar-refractivity contribution is -0.142. The fourth-order valence-corrected chi connectivity index (χ4v) is 4.40. The smallest absolute Gasteiger partial charge is 0.326 e. The Morgan fingerprint density at radius 3 is 1.88 bits per heavy atom. The maximum absolute atomic E-state index is 13.3. The van der Waals surface area contributed by atoms with E-state index in [0.29, 0.717) is 6.42 Å². The number of nitrogens with two attached hydrogens (primary N) is 1. The molecule has 8 N–H and O–H groups in total. The highest BCUT2D eigenvalue weighted by atomic mass is 16.4. The van der Waals surface area contributed by atoms with Gasteiger partial charge in [0.15, 0.2) is 0 Å². The molecule has 0 bridgehead atoms. The van der Waals surface area contributed by atoms with Gasteiger partial charge < -0.3 is 37.1 Å². The summed E-state index contributed by atoms with van der Waals surface area (Å²) in [4.78, 5) is 66.2. The Kier molecular flexibility index (Phi) is 12.3. The molecule has 1 aromatic heterocycles. The Hall–Kier alpha value is -3.93. The average molecular weight is 573 g/mol. The number of carbonyl (C=O) groups excluding carboxylic acids is 4. The molecule has 12 nitrogen and oxygen atoms in total. The number of hydrogen-bond acceptors (Lipinski definition) is 6. The minimum absolute atomic E-state index is 0.0362. The number of benzene rings is 1. The first kappa shape index (κ1) is 33.3. The van der Waals surface area contributed by atoms with E-state index in [4.69, 9.17) is 5.73 Å². The third-order valence-electron chi connectivity index (χ3n) is 6.62. The Morgan fingerprint density at radius 1 is 0.756 bits per heavy atom.